The van der Waals surface area contributed by atoms with Crippen LogP contribution in [0.1, 0.15) is 13.3 Å². The SMILES string of the molecule is CCCNC(=NC)NCC(=O)Nc1ccc(F)cc1.I. The third kappa shape index (κ3) is 7.27. The zero-order chi connectivity index (χ0) is 14.1. The monoisotopic (exact) mass is 394 g/mol. The molecular weight excluding hydrogens is 374 g/mol. The molecule has 1 rings (SSSR count). The summed E-state index contributed by atoms with van der Waals surface area (Å²) in [7, 11) is 1.64. The first-order valence-electron chi connectivity index (χ1n) is 6.15. The van der Waals surface area contributed by atoms with Gasteiger partial charge in [0.25, 0.3) is 0 Å². The number of rotatable bonds is 5. The Labute approximate surface area is 135 Å². The Bertz CT molecular complexity index is 437. The molecule has 0 aliphatic carbocycles. The van der Waals surface area contributed by atoms with Gasteiger partial charge in [-0.2, -0.15) is 0 Å². The number of guanidine groups is 1. The summed E-state index contributed by atoms with van der Waals surface area (Å²) < 4.78 is 12.7. The Kier molecular flexibility index (Phi) is 9.69. The van der Waals surface area contributed by atoms with Crippen molar-refractivity contribution in [3.05, 3.63) is 30.1 Å². The molecule has 0 aromatic heterocycles. The van der Waals surface area contributed by atoms with Crippen LogP contribution in [-0.4, -0.2) is 32.0 Å². The maximum Gasteiger partial charge on any atom is 0.243 e. The molecule has 0 saturated heterocycles. The van der Waals surface area contributed by atoms with Crippen LogP contribution in [0, 0.1) is 5.82 Å². The van der Waals surface area contributed by atoms with E-state index in [1.54, 1.807) is 7.05 Å². The number of hydrogen-bond donors (Lipinski definition) is 3. The van der Waals surface area contributed by atoms with Crippen LogP contribution in [0.25, 0.3) is 0 Å². The van der Waals surface area contributed by atoms with Gasteiger partial charge in [-0.3, -0.25) is 9.79 Å². The zero-order valence-electron chi connectivity index (χ0n) is 11.6. The molecule has 0 radical (unpaired) electrons. The molecule has 1 aromatic rings. The second-order valence-electron chi connectivity index (χ2n) is 3.91. The third-order valence-corrected chi connectivity index (χ3v) is 2.31. The highest BCUT2D eigenvalue weighted by Gasteiger charge is 2.03. The maximum absolute atomic E-state index is 12.7. The molecule has 3 N–H and O–H groups in total. The Morgan fingerprint density at radius 2 is 1.90 bits per heavy atom. The van der Waals surface area contributed by atoms with Crippen LogP contribution in [0.15, 0.2) is 29.3 Å². The molecule has 0 spiro atoms. The van der Waals surface area contributed by atoms with E-state index < -0.39 is 0 Å². The van der Waals surface area contributed by atoms with Crippen molar-refractivity contribution < 1.29 is 9.18 Å². The molecule has 5 nitrogen and oxygen atoms in total. The molecule has 0 saturated carbocycles. The summed E-state index contributed by atoms with van der Waals surface area (Å²) >= 11 is 0. The van der Waals surface area contributed by atoms with Crippen LogP contribution in [-0.2, 0) is 4.79 Å². The van der Waals surface area contributed by atoms with Gasteiger partial charge in [0.15, 0.2) is 5.96 Å². The summed E-state index contributed by atoms with van der Waals surface area (Å²) in [5.74, 6) is 0.0301. The average molecular weight is 394 g/mol. The summed E-state index contributed by atoms with van der Waals surface area (Å²) in [4.78, 5) is 15.6. The van der Waals surface area contributed by atoms with Crippen LogP contribution in [0.4, 0.5) is 10.1 Å². The van der Waals surface area contributed by atoms with Gasteiger partial charge in [-0.15, -0.1) is 24.0 Å². The Morgan fingerprint density at radius 1 is 1.25 bits per heavy atom. The molecule has 0 fully saturated rings. The van der Waals surface area contributed by atoms with Gasteiger partial charge in [0.1, 0.15) is 5.82 Å². The van der Waals surface area contributed by atoms with E-state index in [9.17, 15) is 9.18 Å². The number of anilines is 1. The van der Waals surface area contributed by atoms with Gasteiger partial charge >= 0.3 is 0 Å². The quantitative estimate of drug-likeness (QED) is 0.407. The lowest BCUT2D eigenvalue weighted by molar-refractivity contribution is -0.115. The van der Waals surface area contributed by atoms with Crippen molar-refractivity contribution in [2.45, 2.75) is 13.3 Å². The number of aliphatic imine (C=N–C) groups is 1. The van der Waals surface area contributed by atoms with Crippen molar-refractivity contribution in [3.63, 3.8) is 0 Å². The number of nitrogens with one attached hydrogen (secondary N) is 3. The van der Waals surface area contributed by atoms with Crippen molar-refractivity contribution >= 4 is 41.5 Å². The van der Waals surface area contributed by atoms with E-state index in [0.29, 0.717) is 11.6 Å². The predicted octanol–water partition coefficient (Wildman–Crippen LogP) is 1.96. The van der Waals surface area contributed by atoms with Crippen molar-refractivity contribution in [2.75, 3.05) is 25.5 Å². The second-order valence-corrected chi connectivity index (χ2v) is 3.91. The first-order valence-corrected chi connectivity index (χ1v) is 6.15. The molecular formula is C13H20FIN4O. The first-order chi connectivity index (χ1) is 9.15. The molecule has 0 heterocycles. The highest BCUT2D eigenvalue weighted by molar-refractivity contribution is 14.0. The van der Waals surface area contributed by atoms with Crippen LogP contribution in [0.3, 0.4) is 0 Å². The Morgan fingerprint density at radius 3 is 2.45 bits per heavy atom. The smallest absolute Gasteiger partial charge is 0.243 e. The fraction of sp³-hybridized carbons (Fsp3) is 0.385. The number of nitrogens with zero attached hydrogens (tertiary/aromatic N) is 1. The van der Waals surface area contributed by atoms with Crippen molar-refractivity contribution in [1.29, 1.82) is 0 Å². The van der Waals surface area contributed by atoms with E-state index in [1.807, 2.05) is 6.92 Å². The summed E-state index contributed by atoms with van der Waals surface area (Å²) in [6.45, 7) is 2.93. The van der Waals surface area contributed by atoms with Gasteiger partial charge in [0, 0.05) is 19.3 Å². The van der Waals surface area contributed by atoms with E-state index in [2.05, 4.69) is 20.9 Å². The molecule has 7 heteroatoms. The molecule has 0 unspecified atom stereocenters. The molecule has 0 aliphatic heterocycles. The predicted molar refractivity (Wildman–Crippen MR) is 90.1 cm³/mol. The molecule has 0 aliphatic rings. The first kappa shape index (κ1) is 18.6. The van der Waals surface area contributed by atoms with Crippen LogP contribution < -0.4 is 16.0 Å². The summed E-state index contributed by atoms with van der Waals surface area (Å²) in [5.41, 5.74) is 0.560. The molecule has 0 bridgehead atoms. The minimum atomic E-state index is -0.333. The standard InChI is InChI=1S/C13H19FN4O.HI/c1-3-8-16-13(15-2)17-9-12(19)18-11-6-4-10(14)5-7-11;/h4-7H,3,8-9H2,1-2H3,(H,18,19)(H2,15,16,17);1H. The van der Waals surface area contributed by atoms with E-state index >= 15 is 0 Å². The highest BCUT2D eigenvalue weighted by Crippen LogP contribution is 2.07. The summed E-state index contributed by atoms with van der Waals surface area (Å²) in [5, 5.41) is 8.60. The van der Waals surface area contributed by atoms with Gasteiger partial charge in [0.05, 0.1) is 6.54 Å². The minimum absolute atomic E-state index is 0. The van der Waals surface area contributed by atoms with Crippen molar-refractivity contribution in [2.24, 2.45) is 4.99 Å². The van der Waals surface area contributed by atoms with E-state index in [0.717, 1.165) is 13.0 Å². The Balaban J connectivity index is 0.00000361. The maximum atomic E-state index is 12.7. The van der Waals surface area contributed by atoms with E-state index in [-0.39, 0.29) is 42.2 Å². The van der Waals surface area contributed by atoms with E-state index in [4.69, 9.17) is 0 Å². The summed E-state index contributed by atoms with van der Waals surface area (Å²) in [6, 6.07) is 5.62. The largest absolute Gasteiger partial charge is 0.356 e. The molecule has 112 valence electrons. The number of hydrogen-bond acceptors (Lipinski definition) is 2. The highest BCUT2D eigenvalue weighted by atomic mass is 127. The van der Waals surface area contributed by atoms with Crippen LogP contribution >= 0.6 is 24.0 Å². The fourth-order valence-electron chi connectivity index (χ4n) is 1.37. The number of halogens is 2. The van der Waals surface area contributed by atoms with Crippen LogP contribution in [0.5, 0.6) is 0 Å². The number of benzene rings is 1. The zero-order valence-corrected chi connectivity index (χ0v) is 13.9. The summed E-state index contributed by atoms with van der Waals surface area (Å²) in [6.07, 6.45) is 0.975. The fourth-order valence-corrected chi connectivity index (χ4v) is 1.37. The van der Waals surface area contributed by atoms with Gasteiger partial charge in [-0.25, -0.2) is 4.39 Å². The van der Waals surface area contributed by atoms with Gasteiger partial charge in [-0.1, -0.05) is 6.92 Å². The van der Waals surface area contributed by atoms with Crippen molar-refractivity contribution in [3.8, 4) is 0 Å². The lowest BCUT2D eigenvalue weighted by Gasteiger charge is -2.11. The normalized spacial score (nSPS) is 10.4. The molecule has 1 amide bonds. The lowest BCUT2D eigenvalue weighted by Crippen LogP contribution is -2.41. The molecule has 1 aromatic carbocycles. The third-order valence-electron chi connectivity index (χ3n) is 2.31. The van der Waals surface area contributed by atoms with Crippen LogP contribution in [0.2, 0.25) is 0 Å². The molecule has 0 atom stereocenters. The number of carbonyl (C=O) groups is 1. The van der Waals surface area contributed by atoms with Gasteiger partial charge < -0.3 is 16.0 Å². The molecule has 20 heavy (non-hydrogen) atoms. The average Bonchev–Trinajstić information content (AvgIpc) is 2.42. The minimum Gasteiger partial charge on any atom is -0.356 e. The van der Waals surface area contributed by atoms with Crippen molar-refractivity contribution in [1.82, 2.24) is 10.6 Å². The van der Waals surface area contributed by atoms with E-state index in [1.165, 1.54) is 24.3 Å². The second kappa shape index (κ2) is 10.4. The van der Waals surface area contributed by atoms with Gasteiger partial charge in [-0.05, 0) is 30.7 Å². The topological polar surface area (TPSA) is 65.5 Å². The lowest BCUT2D eigenvalue weighted by atomic mass is 10.3. The number of amides is 1. The number of carbonyl (C=O) groups excluding carboxylic acids is 1. The van der Waals surface area contributed by atoms with Gasteiger partial charge in [0.2, 0.25) is 5.91 Å². The Hall–Kier alpha value is -1.38.